The molecule has 12 heteroatoms. The summed E-state index contributed by atoms with van der Waals surface area (Å²) in [7, 11) is 0. The quantitative estimate of drug-likeness (QED) is 0.157. The molecule has 3 amide bonds. The highest BCUT2D eigenvalue weighted by molar-refractivity contribution is 7.80. The number of carboxylic acid groups (broad SMARTS) is 2. The van der Waals surface area contributed by atoms with E-state index < -0.39 is 60.2 Å². The third kappa shape index (κ3) is 11.9. The number of hydrogen-bond acceptors (Lipinski definition) is 7. The number of amides is 3. The average molecular weight is 477 g/mol. The first-order valence-corrected chi connectivity index (χ1v) is 11.1. The second-order valence-electron chi connectivity index (χ2n) is 8.50. The topological polar surface area (TPSA) is 188 Å². The molecular formula is C20H36N4O7S. The van der Waals surface area contributed by atoms with Crippen LogP contribution in [0.3, 0.4) is 0 Å². The molecule has 0 fully saturated rings. The highest BCUT2D eigenvalue weighted by atomic mass is 32.1. The van der Waals surface area contributed by atoms with Crippen molar-refractivity contribution in [2.45, 2.75) is 77.5 Å². The van der Waals surface area contributed by atoms with Gasteiger partial charge in [-0.3, -0.25) is 19.2 Å². The smallest absolute Gasteiger partial charge is 0.326 e. The Morgan fingerprint density at radius 3 is 1.69 bits per heavy atom. The Balaban J connectivity index is 5.30. The van der Waals surface area contributed by atoms with E-state index in [0.717, 1.165) is 0 Å². The molecule has 4 unspecified atom stereocenters. The van der Waals surface area contributed by atoms with E-state index in [1.165, 1.54) is 0 Å². The Bertz CT molecular complexity index is 672. The van der Waals surface area contributed by atoms with E-state index in [0.29, 0.717) is 6.42 Å². The van der Waals surface area contributed by atoms with Crippen LogP contribution in [0, 0.1) is 11.8 Å². The molecule has 0 aliphatic rings. The van der Waals surface area contributed by atoms with Crippen molar-refractivity contribution in [3.8, 4) is 0 Å². The van der Waals surface area contributed by atoms with E-state index >= 15 is 0 Å². The SMILES string of the molecule is CC(C)CC(N)C(=O)NC(CCC(=O)O)C(=O)NC(CS)C(=O)NC(CC(C)C)C(=O)O. The average Bonchev–Trinajstić information content (AvgIpc) is 2.66. The zero-order chi connectivity index (χ0) is 25.0. The van der Waals surface area contributed by atoms with E-state index in [1.807, 2.05) is 13.8 Å². The predicted molar refractivity (Wildman–Crippen MR) is 121 cm³/mol. The van der Waals surface area contributed by atoms with Crippen LogP contribution in [0.15, 0.2) is 0 Å². The first-order valence-electron chi connectivity index (χ1n) is 10.5. The second-order valence-corrected chi connectivity index (χ2v) is 8.87. The summed E-state index contributed by atoms with van der Waals surface area (Å²) in [6.07, 6.45) is -0.0507. The lowest BCUT2D eigenvalue weighted by atomic mass is 10.0. The van der Waals surface area contributed by atoms with Crippen LogP contribution in [-0.4, -0.2) is 69.8 Å². The predicted octanol–water partition coefficient (Wildman–Crippen LogP) is -0.260. The van der Waals surface area contributed by atoms with Gasteiger partial charge in [0.1, 0.15) is 18.1 Å². The summed E-state index contributed by atoms with van der Waals surface area (Å²) in [5.41, 5.74) is 5.83. The second kappa shape index (κ2) is 14.7. The van der Waals surface area contributed by atoms with Crippen molar-refractivity contribution in [1.29, 1.82) is 0 Å². The first-order chi connectivity index (χ1) is 14.8. The van der Waals surface area contributed by atoms with Gasteiger partial charge in [-0.2, -0.15) is 12.6 Å². The van der Waals surface area contributed by atoms with Crippen molar-refractivity contribution in [1.82, 2.24) is 16.0 Å². The lowest BCUT2D eigenvalue weighted by Gasteiger charge is -2.25. The molecule has 0 aliphatic carbocycles. The molecule has 0 spiro atoms. The molecule has 0 aromatic heterocycles. The van der Waals surface area contributed by atoms with Gasteiger partial charge >= 0.3 is 11.9 Å². The van der Waals surface area contributed by atoms with Crippen molar-refractivity contribution in [2.24, 2.45) is 17.6 Å². The van der Waals surface area contributed by atoms with Crippen LogP contribution in [0.4, 0.5) is 0 Å². The van der Waals surface area contributed by atoms with Crippen LogP contribution in [0.5, 0.6) is 0 Å². The van der Waals surface area contributed by atoms with E-state index in [4.69, 9.17) is 10.8 Å². The van der Waals surface area contributed by atoms with E-state index in [1.54, 1.807) is 13.8 Å². The fourth-order valence-corrected chi connectivity index (χ4v) is 3.12. The molecule has 7 N–H and O–H groups in total. The van der Waals surface area contributed by atoms with Gasteiger partial charge in [0.25, 0.3) is 0 Å². The zero-order valence-corrected chi connectivity index (χ0v) is 19.9. The number of thiol groups is 1. The molecule has 4 atom stereocenters. The summed E-state index contributed by atoms with van der Waals surface area (Å²) >= 11 is 4.04. The molecule has 0 saturated heterocycles. The Kier molecular flexibility index (Phi) is 13.6. The third-order valence-corrected chi connectivity index (χ3v) is 4.84. The Hall–Kier alpha value is -2.34. The molecule has 0 bridgehead atoms. The van der Waals surface area contributed by atoms with E-state index in [9.17, 15) is 29.1 Å². The van der Waals surface area contributed by atoms with Crippen molar-refractivity contribution in [2.75, 3.05) is 5.75 Å². The van der Waals surface area contributed by atoms with Gasteiger partial charge in [-0.1, -0.05) is 27.7 Å². The summed E-state index contributed by atoms with van der Waals surface area (Å²) < 4.78 is 0. The van der Waals surface area contributed by atoms with Crippen LogP contribution in [0.2, 0.25) is 0 Å². The Labute approximate surface area is 193 Å². The Morgan fingerprint density at radius 2 is 1.25 bits per heavy atom. The minimum atomic E-state index is -1.24. The number of nitrogens with one attached hydrogen (secondary N) is 3. The van der Waals surface area contributed by atoms with Crippen molar-refractivity contribution in [3.63, 3.8) is 0 Å². The summed E-state index contributed by atoms with van der Waals surface area (Å²) in [5.74, 6) is -4.52. The van der Waals surface area contributed by atoms with Gasteiger partial charge < -0.3 is 31.9 Å². The minimum Gasteiger partial charge on any atom is -0.481 e. The molecule has 0 rings (SSSR count). The minimum absolute atomic E-state index is 0.00565. The molecule has 0 aromatic rings. The van der Waals surface area contributed by atoms with Gasteiger partial charge in [-0.05, 0) is 31.1 Å². The molecule has 0 heterocycles. The molecule has 32 heavy (non-hydrogen) atoms. The highest BCUT2D eigenvalue weighted by Gasteiger charge is 2.30. The Morgan fingerprint density at radius 1 is 0.781 bits per heavy atom. The number of nitrogens with two attached hydrogens (primary N) is 1. The fraction of sp³-hybridized carbons (Fsp3) is 0.750. The van der Waals surface area contributed by atoms with E-state index in [-0.39, 0.29) is 30.4 Å². The van der Waals surface area contributed by atoms with Crippen LogP contribution >= 0.6 is 12.6 Å². The van der Waals surface area contributed by atoms with Gasteiger partial charge in [0.15, 0.2) is 0 Å². The van der Waals surface area contributed by atoms with Gasteiger partial charge in [0.05, 0.1) is 6.04 Å². The third-order valence-electron chi connectivity index (χ3n) is 4.48. The molecule has 0 saturated carbocycles. The highest BCUT2D eigenvalue weighted by Crippen LogP contribution is 2.07. The molecule has 0 radical (unpaired) electrons. The monoisotopic (exact) mass is 476 g/mol. The molecule has 0 aliphatic heterocycles. The van der Waals surface area contributed by atoms with Crippen LogP contribution in [0.25, 0.3) is 0 Å². The lowest BCUT2D eigenvalue weighted by molar-refractivity contribution is -0.142. The largest absolute Gasteiger partial charge is 0.481 e. The number of aliphatic carboxylic acids is 2. The molecule has 11 nitrogen and oxygen atoms in total. The standard InChI is InChI=1S/C20H36N4O7S/c1-10(2)7-12(21)17(27)22-13(5-6-16(25)26)18(28)24-15(9-32)19(29)23-14(20(30)31)8-11(3)4/h10-15,32H,5-9,21H2,1-4H3,(H,22,27)(H,23,29)(H,24,28)(H,25,26)(H,30,31). The van der Waals surface area contributed by atoms with Gasteiger partial charge in [0.2, 0.25) is 17.7 Å². The van der Waals surface area contributed by atoms with Gasteiger partial charge in [0, 0.05) is 12.2 Å². The lowest BCUT2D eigenvalue weighted by Crippen LogP contribution is -2.57. The number of carbonyl (C=O) groups excluding carboxylic acids is 3. The zero-order valence-electron chi connectivity index (χ0n) is 19.0. The van der Waals surface area contributed by atoms with Crippen LogP contribution in [-0.2, 0) is 24.0 Å². The van der Waals surface area contributed by atoms with Gasteiger partial charge in [-0.15, -0.1) is 0 Å². The molecular weight excluding hydrogens is 440 g/mol. The summed E-state index contributed by atoms with van der Waals surface area (Å²) in [5, 5.41) is 25.5. The van der Waals surface area contributed by atoms with Gasteiger partial charge in [-0.25, -0.2) is 4.79 Å². The van der Waals surface area contributed by atoms with Crippen LogP contribution in [0.1, 0.15) is 53.4 Å². The summed E-state index contributed by atoms with van der Waals surface area (Å²) in [6, 6.07) is -4.45. The summed E-state index contributed by atoms with van der Waals surface area (Å²) in [6.45, 7) is 7.36. The fourth-order valence-electron chi connectivity index (χ4n) is 2.86. The first kappa shape index (κ1) is 29.7. The number of hydrogen-bond donors (Lipinski definition) is 7. The maximum Gasteiger partial charge on any atom is 0.326 e. The summed E-state index contributed by atoms with van der Waals surface area (Å²) in [4.78, 5) is 59.9. The molecule has 0 aromatic carbocycles. The number of rotatable bonds is 15. The number of carbonyl (C=O) groups is 5. The maximum absolute atomic E-state index is 12.7. The van der Waals surface area contributed by atoms with Crippen molar-refractivity contribution >= 4 is 42.3 Å². The molecule has 184 valence electrons. The number of carboxylic acids is 2. The normalized spacial score (nSPS) is 14.9. The van der Waals surface area contributed by atoms with E-state index in [2.05, 4.69) is 28.6 Å². The maximum atomic E-state index is 12.7. The van der Waals surface area contributed by atoms with Crippen molar-refractivity contribution < 1.29 is 34.2 Å². The van der Waals surface area contributed by atoms with Crippen LogP contribution < -0.4 is 21.7 Å². The van der Waals surface area contributed by atoms with Crippen molar-refractivity contribution in [3.05, 3.63) is 0 Å².